The van der Waals surface area contributed by atoms with Gasteiger partial charge < -0.3 is 24.7 Å². The first-order valence-electron chi connectivity index (χ1n) is 14.5. The summed E-state index contributed by atoms with van der Waals surface area (Å²) < 4.78 is 6.49. The van der Waals surface area contributed by atoms with Crippen LogP contribution in [-0.4, -0.2) is 59.3 Å². The average Bonchev–Trinajstić information content (AvgIpc) is 3.78. The molecule has 0 radical (unpaired) electrons. The van der Waals surface area contributed by atoms with Gasteiger partial charge in [-0.05, 0) is 92.3 Å². The summed E-state index contributed by atoms with van der Waals surface area (Å²) in [6, 6.07) is 11.4. The number of rotatable bonds is 2. The maximum absolute atomic E-state index is 13.4. The Kier molecular flexibility index (Phi) is 7.30. The number of anilines is 1. The average molecular weight is 565 g/mol. The fourth-order valence-corrected chi connectivity index (χ4v) is 6.94. The van der Waals surface area contributed by atoms with Crippen molar-refractivity contribution in [2.75, 3.05) is 31.1 Å². The number of aryl methyl sites for hydroxylation is 1. The number of benzene rings is 2. The molecule has 6 rings (SSSR count). The first kappa shape index (κ1) is 27.2. The van der Waals surface area contributed by atoms with E-state index in [1.165, 1.54) is 11.1 Å². The first-order valence-corrected chi connectivity index (χ1v) is 14.9. The van der Waals surface area contributed by atoms with Gasteiger partial charge >= 0.3 is 5.97 Å². The van der Waals surface area contributed by atoms with E-state index in [2.05, 4.69) is 23.1 Å². The molecule has 2 N–H and O–H groups in total. The van der Waals surface area contributed by atoms with E-state index in [1.807, 2.05) is 12.1 Å². The van der Waals surface area contributed by atoms with E-state index in [0.29, 0.717) is 25.4 Å². The summed E-state index contributed by atoms with van der Waals surface area (Å²) >= 11 is 6.36. The van der Waals surface area contributed by atoms with Crippen molar-refractivity contribution in [1.82, 2.24) is 4.90 Å². The minimum Gasteiger partial charge on any atom is -0.490 e. The molecule has 1 fully saturated rings. The lowest BCUT2D eigenvalue weighted by molar-refractivity contribution is -0.165. The number of aliphatic carboxylic acids is 1. The van der Waals surface area contributed by atoms with E-state index >= 15 is 0 Å². The summed E-state index contributed by atoms with van der Waals surface area (Å²) in [6.07, 6.45) is 11.3. The number of aliphatic hydroxyl groups is 1. The number of carboxylic acid groups (broad SMARTS) is 1. The minimum atomic E-state index is -2.34. The van der Waals surface area contributed by atoms with Crippen molar-refractivity contribution in [3.05, 3.63) is 70.3 Å². The second-order valence-corrected chi connectivity index (χ2v) is 12.4. The van der Waals surface area contributed by atoms with Crippen molar-refractivity contribution in [2.45, 2.75) is 74.8 Å². The Bertz CT molecular complexity index is 1340. The van der Waals surface area contributed by atoms with Crippen molar-refractivity contribution in [3.63, 3.8) is 0 Å². The standard InChI is InChI=1S/C32H37ClN2O5/c33-24-9-12-26-22(17-24)7-6-14-31(26)20-34-15-4-2-1-3-5-16-35(25-10-11-25)29(36)19-32(39,30(37)38)23-8-13-28(40-21-31)27(34)18-23/h3,5,8-9,12-13,17-18,25,39H,1-2,4,6-7,10-11,14-16,19-21H2,(H,37,38)/b5-3+/t31-,32?/m0/s1. The number of ether oxygens (including phenoxy) is 1. The Morgan fingerprint density at radius 2 is 1.93 bits per heavy atom. The molecule has 2 aromatic rings. The Balaban J connectivity index is 1.41. The zero-order chi connectivity index (χ0) is 27.9. The maximum Gasteiger partial charge on any atom is 0.340 e. The monoisotopic (exact) mass is 564 g/mol. The van der Waals surface area contributed by atoms with Crippen molar-refractivity contribution >= 4 is 29.2 Å². The molecule has 0 saturated heterocycles. The first-order chi connectivity index (χ1) is 19.3. The molecule has 212 valence electrons. The second kappa shape index (κ2) is 10.7. The SMILES string of the molecule is O=C1CC(O)(C(=O)O)c2ccc3c(c2)N(CCCC/C=C/CN1C1CC1)C[C@@]1(CCCc2cc(Cl)ccc21)CO3. The van der Waals surface area contributed by atoms with Crippen LogP contribution in [0.3, 0.4) is 0 Å². The molecular formula is C32H37ClN2O5. The third kappa shape index (κ3) is 5.10. The van der Waals surface area contributed by atoms with Crippen LogP contribution in [0.5, 0.6) is 5.75 Å². The molecule has 8 heteroatoms. The minimum absolute atomic E-state index is 0.117. The lowest BCUT2D eigenvalue weighted by Gasteiger charge is -2.41. The van der Waals surface area contributed by atoms with E-state index in [4.69, 9.17) is 16.3 Å². The molecule has 2 aliphatic carbocycles. The molecule has 2 heterocycles. The molecule has 0 aromatic heterocycles. The van der Waals surface area contributed by atoms with Crippen LogP contribution in [0, 0.1) is 0 Å². The number of nitrogens with zero attached hydrogens (tertiary/aromatic N) is 2. The van der Waals surface area contributed by atoms with E-state index in [9.17, 15) is 19.8 Å². The van der Waals surface area contributed by atoms with Gasteiger partial charge in [-0.15, -0.1) is 0 Å². The Morgan fingerprint density at radius 3 is 2.73 bits per heavy atom. The van der Waals surface area contributed by atoms with Gasteiger partial charge in [0.1, 0.15) is 5.75 Å². The van der Waals surface area contributed by atoms with Crippen LogP contribution in [0.15, 0.2) is 48.6 Å². The van der Waals surface area contributed by atoms with Crippen molar-refractivity contribution in [2.24, 2.45) is 0 Å². The number of allylic oxidation sites excluding steroid dienone is 1. The fraction of sp³-hybridized carbons (Fsp3) is 0.500. The van der Waals surface area contributed by atoms with Crippen molar-refractivity contribution < 1.29 is 24.5 Å². The number of carbonyl (C=O) groups excluding carboxylic acids is 1. The summed E-state index contributed by atoms with van der Waals surface area (Å²) in [5.74, 6) is -1.09. The van der Waals surface area contributed by atoms with Gasteiger partial charge in [-0.1, -0.05) is 35.9 Å². The summed E-state index contributed by atoms with van der Waals surface area (Å²) in [6.45, 7) is 2.44. The Morgan fingerprint density at radius 1 is 1.07 bits per heavy atom. The van der Waals surface area contributed by atoms with Crippen LogP contribution in [0.25, 0.3) is 0 Å². The molecular weight excluding hydrogens is 528 g/mol. The van der Waals surface area contributed by atoms with Gasteiger partial charge in [0.15, 0.2) is 5.60 Å². The molecule has 40 heavy (non-hydrogen) atoms. The van der Waals surface area contributed by atoms with E-state index < -0.39 is 18.0 Å². The predicted octanol–water partition coefficient (Wildman–Crippen LogP) is 5.21. The molecule has 2 aliphatic heterocycles. The van der Waals surface area contributed by atoms with Crippen molar-refractivity contribution in [1.29, 1.82) is 0 Å². The van der Waals surface area contributed by atoms with Gasteiger partial charge in [0.2, 0.25) is 5.91 Å². The summed E-state index contributed by atoms with van der Waals surface area (Å²) in [5, 5.41) is 22.5. The van der Waals surface area contributed by atoms with Crippen LogP contribution in [0.1, 0.15) is 68.1 Å². The topological polar surface area (TPSA) is 90.3 Å². The third-order valence-corrected chi connectivity index (χ3v) is 9.34. The molecule has 2 aromatic carbocycles. The third-order valence-electron chi connectivity index (χ3n) is 9.10. The van der Waals surface area contributed by atoms with Gasteiger partial charge in [-0.2, -0.15) is 0 Å². The highest BCUT2D eigenvalue weighted by Gasteiger charge is 2.45. The Hall–Kier alpha value is -3.03. The van der Waals surface area contributed by atoms with Crippen molar-refractivity contribution in [3.8, 4) is 5.75 Å². The molecule has 4 aliphatic rings. The number of hydrogen-bond acceptors (Lipinski definition) is 5. The molecule has 1 saturated carbocycles. The predicted molar refractivity (Wildman–Crippen MR) is 154 cm³/mol. The number of halogens is 1. The highest BCUT2D eigenvalue weighted by Crippen LogP contribution is 2.45. The van der Waals surface area contributed by atoms with Crippen LogP contribution in [-0.2, 0) is 27.0 Å². The van der Waals surface area contributed by atoms with Gasteiger partial charge in [0, 0.05) is 36.1 Å². The molecule has 1 amide bonds. The largest absolute Gasteiger partial charge is 0.490 e. The molecule has 1 unspecified atom stereocenters. The van der Waals surface area contributed by atoms with Gasteiger partial charge in [0.25, 0.3) is 0 Å². The summed E-state index contributed by atoms with van der Waals surface area (Å²) in [5.41, 5.74) is 0.928. The number of amides is 1. The van der Waals surface area contributed by atoms with Gasteiger partial charge in [-0.25, -0.2) is 4.79 Å². The maximum atomic E-state index is 13.4. The number of fused-ring (bicyclic) bond motifs is 3. The number of carboxylic acids is 1. The molecule has 1 spiro atoms. The summed E-state index contributed by atoms with van der Waals surface area (Å²) in [7, 11) is 0. The van der Waals surface area contributed by atoms with Gasteiger partial charge in [-0.3, -0.25) is 4.79 Å². The lowest BCUT2D eigenvalue weighted by atomic mass is 9.70. The Labute approximate surface area is 240 Å². The quantitative estimate of drug-likeness (QED) is 0.487. The molecule has 7 nitrogen and oxygen atoms in total. The normalized spacial score (nSPS) is 28.1. The van der Waals surface area contributed by atoms with E-state index in [-0.39, 0.29) is 22.9 Å². The number of carbonyl (C=O) groups is 2. The summed E-state index contributed by atoms with van der Waals surface area (Å²) in [4.78, 5) is 29.9. The molecule has 2 bridgehead atoms. The molecule has 2 atom stereocenters. The van der Waals surface area contributed by atoms with Crippen LogP contribution in [0.4, 0.5) is 5.69 Å². The fourth-order valence-electron chi connectivity index (χ4n) is 6.74. The van der Waals surface area contributed by atoms with Crippen LogP contribution < -0.4 is 9.64 Å². The second-order valence-electron chi connectivity index (χ2n) is 11.9. The van der Waals surface area contributed by atoms with Gasteiger partial charge in [0.05, 0.1) is 18.7 Å². The zero-order valence-corrected chi connectivity index (χ0v) is 23.5. The van der Waals surface area contributed by atoms with Crippen LogP contribution in [0.2, 0.25) is 5.02 Å². The zero-order valence-electron chi connectivity index (χ0n) is 22.8. The number of hydrogen-bond donors (Lipinski definition) is 2. The van der Waals surface area contributed by atoms with E-state index in [1.54, 1.807) is 23.1 Å². The van der Waals surface area contributed by atoms with E-state index in [0.717, 1.165) is 68.6 Å². The highest BCUT2D eigenvalue weighted by atomic mass is 35.5. The highest BCUT2D eigenvalue weighted by molar-refractivity contribution is 6.30. The lowest BCUT2D eigenvalue weighted by Crippen LogP contribution is -2.46. The van der Waals surface area contributed by atoms with Crippen LogP contribution >= 0.6 is 11.6 Å². The smallest absolute Gasteiger partial charge is 0.340 e.